The maximum atomic E-state index is 8.59. The molecule has 13 heavy (non-hydrogen) atoms. The molecule has 1 nitrogen and oxygen atoms in total. The molecule has 0 radical (unpaired) electrons. The van der Waals surface area contributed by atoms with Crippen molar-refractivity contribution < 1.29 is 0 Å². The maximum Gasteiger partial charge on any atom is 0.0991 e. The molecular weight excluding hydrogens is 178 g/mol. The van der Waals surface area contributed by atoms with Crippen molar-refractivity contribution in [3.8, 4) is 6.07 Å². The van der Waals surface area contributed by atoms with Gasteiger partial charge < -0.3 is 0 Å². The van der Waals surface area contributed by atoms with E-state index < -0.39 is 0 Å². The van der Waals surface area contributed by atoms with Gasteiger partial charge in [-0.2, -0.15) is 5.26 Å². The summed E-state index contributed by atoms with van der Waals surface area (Å²) >= 11 is 1.84. The van der Waals surface area contributed by atoms with E-state index in [9.17, 15) is 0 Å². The Balaban J connectivity index is 2.55. The molecule has 0 N–H and O–H groups in total. The number of rotatable bonds is 3. The second-order valence-electron chi connectivity index (χ2n) is 3.34. The fourth-order valence-corrected chi connectivity index (χ4v) is 1.74. The second-order valence-corrected chi connectivity index (χ2v) is 4.43. The van der Waals surface area contributed by atoms with E-state index in [1.165, 1.54) is 4.90 Å². The molecule has 0 heterocycles. The first-order chi connectivity index (χ1) is 6.22. The van der Waals surface area contributed by atoms with Crippen LogP contribution in [0.15, 0.2) is 29.2 Å². The lowest BCUT2D eigenvalue weighted by Crippen LogP contribution is -1.89. The summed E-state index contributed by atoms with van der Waals surface area (Å²) in [5.41, 5.74) is 0.730. The molecule has 1 aromatic carbocycles. The van der Waals surface area contributed by atoms with E-state index in [1.807, 2.05) is 36.0 Å². The molecule has 0 saturated carbocycles. The standard InChI is InChI=1S/C11H13NS/c1-9(2)8-13-11-5-3-10(7-12)4-6-11/h3-6,9H,8H2,1-2H3. The third-order valence-electron chi connectivity index (χ3n) is 1.57. The van der Waals surface area contributed by atoms with Crippen LogP contribution in [0.5, 0.6) is 0 Å². The molecule has 0 saturated heterocycles. The highest BCUT2D eigenvalue weighted by Gasteiger charge is 1.97. The lowest BCUT2D eigenvalue weighted by Gasteiger charge is -2.03. The fourth-order valence-electron chi connectivity index (χ4n) is 0.889. The van der Waals surface area contributed by atoms with Crippen LogP contribution in [-0.4, -0.2) is 5.75 Å². The van der Waals surface area contributed by atoms with Crippen molar-refractivity contribution >= 4 is 11.8 Å². The Bertz CT molecular complexity index is 295. The zero-order valence-corrected chi connectivity index (χ0v) is 8.77. The normalized spacial score (nSPS) is 10.0. The SMILES string of the molecule is CC(C)CSc1ccc(C#N)cc1. The van der Waals surface area contributed by atoms with Gasteiger partial charge >= 0.3 is 0 Å². The van der Waals surface area contributed by atoms with Gasteiger partial charge in [0.25, 0.3) is 0 Å². The van der Waals surface area contributed by atoms with E-state index in [4.69, 9.17) is 5.26 Å². The predicted molar refractivity (Wildman–Crippen MR) is 56.7 cm³/mol. The van der Waals surface area contributed by atoms with E-state index >= 15 is 0 Å². The number of hydrogen-bond donors (Lipinski definition) is 0. The summed E-state index contributed by atoms with van der Waals surface area (Å²) in [4.78, 5) is 1.24. The Morgan fingerprint density at radius 1 is 1.31 bits per heavy atom. The monoisotopic (exact) mass is 191 g/mol. The smallest absolute Gasteiger partial charge is 0.0991 e. The molecule has 2 heteroatoms. The largest absolute Gasteiger partial charge is 0.192 e. The first-order valence-corrected chi connectivity index (χ1v) is 5.34. The summed E-state index contributed by atoms with van der Waals surface area (Å²) in [6, 6.07) is 9.85. The van der Waals surface area contributed by atoms with Gasteiger partial charge in [0.05, 0.1) is 11.6 Å². The van der Waals surface area contributed by atoms with Gasteiger partial charge in [0, 0.05) is 10.6 Å². The fraction of sp³-hybridized carbons (Fsp3) is 0.364. The number of thioether (sulfide) groups is 1. The van der Waals surface area contributed by atoms with Crippen LogP contribution in [0.3, 0.4) is 0 Å². The first kappa shape index (κ1) is 10.1. The van der Waals surface area contributed by atoms with Gasteiger partial charge in [-0.05, 0) is 30.2 Å². The van der Waals surface area contributed by atoms with Crippen LogP contribution in [0.4, 0.5) is 0 Å². The number of benzene rings is 1. The summed E-state index contributed by atoms with van der Waals surface area (Å²) in [6.45, 7) is 4.41. The minimum Gasteiger partial charge on any atom is -0.192 e. The molecule has 0 bridgehead atoms. The van der Waals surface area contributed by atoms with Crippen LogP contribution < -0.4 is 0 Å². The molecule has 0 spiro atoms. The quantitative estimate of drug-likeness (QED) is 0.684. The number of hydrogen-bond acceptors (Lipinski definition) is 2. The molecule has 0 aliphatic rings. The molecule has 0 unspecified atom stereocenters. The van der Waals surface area contributed by atoms with Gasteiger partial charge in [-0.25, -0.2) is 0 Å². The summed E-state index contributed by atoms with van der Waals surface area (Å²) in [7, 11) is 0. The number of nitriles is 1. The topological polar surface area (TPSA) is 23.8 Å². The zero-order valence-electron chi connectivity index (χ0n) is 7.95. The Kier molecular flexibility index (Phi) is 3.85. The summed E-state index contributed by atoms with van der Waals surface area (Å²) < 4.78 is 0. The molecule has 0 amide bonds. The van der Waals surface area contributed by atoms with Crippen molar-refractivity contribution in [1.29, 1.82) is 5.26 Å². The van der Waals surface area contributed by atoms with Gasteiger partial charge in [0.1, 0.15) is 0 Å². The molecule has 0 aliphatic carbocycles. The average Bonchev–Trinajstić information content (AvgIpc) is 2.15. The molecule has 1 aromatic rings. The Morgan fingerprint density at radius 2 is 1.92 bits per heavy atom. The average molecular weight is 191 g/mol. The summed E-state index contributed by atoms with van der Waals surface area (Å²) in [6.07, 6.45) is 0. The lowest BCUT2D eigenvalue weighted by molar-refractivity contribution is 0.750. The van der Waals surface area contributed by atoms with E-state index in [0.29, 0.717) is 5.92 Å². The first-order valence-electron chi connectivity index (χ1n) is 4.35. The van der Waals surface area contributed by atoms with Gasteiger partial charge in [-0.1, -0.05) is 13.8 Å². The maximum absolute atomic E-state index is 8.59. The van der Waals surface area contributed by atoms with Gasteiger partial charge in [-0.15, -0.1) is 11.8 Å². The minimum absolute atomic E-state index is 0.709. The second kappa shape index (κ2) is 4.94. The Morgan fingerprint density at radius 3 is 2.38 bits per heavy atom. The Labute approximate surface area is 83.8 Å². The highest BCUT2D eigenvalue weighted by atomic mass is 32.2. The minimum atomic E-state index is 0.709. The van der Waals surface area contributed by atoms with E-state index in [2.05, 4.69) is 19.9 Å². The van der Waals surface area contributed by atoms with Gasteiger partial charge in [-0.3, -0.25) is 0 Å². The van der Waals surface area contributed by atoms with Crippen LogP contribution in [0.25, 0.3) is 0 Å². The molecular formula is C11H13NS. The van der Waals surface area contributed by atoms with Crippen molar-refractivity contribution in [2.75, 3.05) is 5.75 Å². The van der Waals surface area contributed by atoms with Crippen LogP contribution in [0, 0.1) is 17.2 Å². The molecule has 1 rings (SSSR count). The zero-order chi connectivity index (χ0) is 9.68. The highest BCUT2D eigenvalue weighted by Crippen LogP contribution is 2.20. The van der Waals surface area contributed by atoms with Crippen LogP contribution in [0.1, 0.15) is 19.4 Å². The molecule has 0 fully saturated rings. The lowest BCUT2D eigenvalue weighted by atomic mass is 10.2. The molecule has 0 atom stereocenters. The van der Waals surface area contributed by atoms with Crippen LogP contribution >= 0.6 is 11.8 Å². The van der Waals surface area contributed by atoms with Crippen molar-refractivity contribution in [2.45, 2.75) is 18.7 Å². The van der Waals surface area contributed by atoms with Crippen LogP contribution in [0.2, 0.25) is 0 Å². The Hall–Kier alpha value is -0.940. The van der Waals surface area contributed by atoms with E-state index in [1.54, 1.807) is 0 Å². The van der Waals surface area contributed by atoms with Crippen LogP contribution in [-0.2, 0) is 0 Å². The van der Waals surface area contributed by atoms with E-state index in [-0.39, 0.29) is 0 Å². The highest BCUT2D eigenvalue weighted by molar-refractivity contribution is 7.99. The van der Waals surface area contributed by atoms with Gasteiger partial charge in [0.2, 0.25) is 0 Å². The summed E-state index contributed by atoms with van der Waals surface area (Å²) in [5.74, 6) is 1.84. The molecule has 0 aromatic heterocycles. The molecule has 68 valence electrons. The third-order valence-corrected chi connectivity index (χ3v) is 3.01. The van der Waals surface area contributed by atoms with Crippen molar-refractivity contribution in [3.05, 3.63) is 29.8 Å². The van der Waals surface area contributed by atoms with Gasteiger partial charge in [0.15, 0.2) is 0 Å². The van der Waals surface area contributed by atoms with Crippen molar-refractivity contribution in [3.63, 3.8) is 0 Å². The number of nitrogens with zero attached hydrogens (tertiary/aromatic N) is 1. The van der Waals surface area contributed by atoms with Crippen molar-refractivity contribution in [1.82, 2.24) is 0 Å². The third kappa shape index (κ3) is 3.52. The summed E-state index contributed by atoms with van der Waals surface area (Å²) in [5, 5.41) is 8.59. The molecule has 0 aliphatic heterocycles. The van der Waals surface area contributed by atoms with E-state index in [0.717, 1.165) is 11.3 Å². The van der Waals surface area contributed by atoms with Crippen molar-refractivity contribution in [2.24, 2.45) is 5.92 Å². The predicted octanol–water partition coefficient (Wildman–Crippen LogP) is 3.31.